The minimum absolute atomic E-state index is 0.126. The van der Waals surface area contributed by atoms with Crippen molar-refractivity contribution in [2.75, 3.05) is 5.73 Å². The number of benzene rings is 1. The Bertz CT molecular complexity index is 740. The summed E-state index contributed by atoms with van der Waals surface area (Å²) in [7, 11) is -1.91. The molecule has 0 unspecified atom stereocenters. The van der Waals surface area contributed by atoms with Crippen LogP contribution in [0.15, 0.2) is 29.3 Å². The highest BCUT2D eigenvalue weighted by Gasteiger charge is 2.18. The third kappa shape index (κ3) is 2.95. The Kier molecular flexibility index (Phi) is 4.03. The van der Waals surface area contributed by atoms with E-state index in [9.17, 15) is 8.42 Å². The molecule has 0 saturated carbocycles. The van der Waals surface area contributed by atoms with Gasteiger partial charge in [-0.25, -0.2) is 13.1 Å². The predicted molar refractivity (Wildman–Crippen MR) is 77.8 cm³/mol. The lowest BCUT2D eigenvalue weighted by Gasteiger charge is -2.11. The van der Waals surface area contributed by atoms with Crippen LogP contribution in [0.2, 0.25) is 5.02 Å². The molecule has 3 N–H and O–H groups in total. The maximum absolute atomic E-state index is 12.3. The standard InChI is InChI=1S/C12H15ClN4O2S/c1-8-5-10(13)11(14)6-12(8)20(18,19)16-7-9-3-4-15-17(9)2/h3-6,16H,7,14H2,1-2H3. The van der Waals surface area contributed by atoms with Crippen LogP contribution in [0.3, 0.4) is 0 Å². The van der Waals surface area contributed by atoms with E-state index >= 15 is 0 Å². The molecule has 1 aromatic heterocycles. The molecule has 0 spiro atoms. The fourth-order valence-corrected chi connectivity index (χ4v) is 3.26. The van der Waals surface area contributed by atoms with Crippen molar-refractivity contribution in [2.24, 2.45) is 7.05 Å². The van der Waals surface area contributed by atoms with Crippen molar-refractivity contribution in [3.05, 3.63) is 40.7 Å². The summed E-state index contributed by atoms with van der Waals surface area (Å²) < 4.78 is 28.7. The lowest BCUT2D eigenvalue weighted by molar-refractivity contribution is 0.576. The second-order valence-electron chi connectivity index (χ2n) is 4.41. The SMILES string of the molecule is Cc1cc(Cl)c(N)cc1S(=O)(=O)NCc1ccnn1C. The van der Waals surface area contributed by atoms with Gasteiger partial charge in [0, 0.05) is 13.2 Å². The van der Waals surface area contributed by atoms with Crippen molar-refractivity contribution in [2.45, 2.75) is 18.4 Å². The van der Waals surface area contributed by atoms with Crippen LogP contribution in [0.5, 0.6) is 0 Å². The summed E-state index contributed by atoms with van der Waals surface area (Å²) in [5, 5.41) is 4.32. The molecule has 0 aliphatic heterocycles. The van der Waals surface area contributed by atoms with Crippen LogP contribution in [0.4, 0.5) is 5.69 Å². The number of anilines is 1. The summed E-state index contributed by atoms with van der Waals surface area (Å²) >= 11 is 5.86. The fourth-order valence-electron chi connectivity index (χ4n) is 1.78. The Labute approximate surface area is 122 Å². The first-order valence-electron chi connectivity index (χ1n) is 5.83. The first-order chi connectivity index (χ1) is 9.31. The zero-order chi connectivity index (χ0) is 14.9. The van der Waals surface area contributed by atoms with Gasteiger partial charge in [-0.1, -0.05) is 11.6 Å². The maximum Gasteiger partial charge on any atom is 0.241 e. The summed E-state index contributed by atoms with van der Waals surface area (Å²) in [6.45, 7) is 1.82. The number of halogens is 1. The number of nitrogen functional groups attached to an aromatic ring is 1. The van der Waals surface area contributed by atoms with Gasteiger partial charge in [-0.2, -0.15) is 5.10 Å². The topological polar surface area (TPSA) is 90.0 Å². The number of aryl methyl sites for hydroxylation is 2. The zero-order valence-electron chi connectivity index (χ0n) is 11.1. The molecule has 108 valence electrons. The first-order valence-corrected chi connectivity index (χ1v) is 7.69. The van der Waals surface area contributed by atoms with Gasteiger partial charge >= 0.3 is 0 Å². The average molecular weight is 315 g/mol. The van der Waals surface area contributed by atoms with Gasteiger partial charge in [-0.15, -0.1) is 0 Å². The lowest BCUT2D eigenvalue weighted by atomic mass is 10.2. The Morgan fingerprint density at radius 1 is 1.45 bits per heavy atom. The Balaban J connectivity index is 2.27. The van der Waals surface area contributed by atoms with Gasteiger partial charge in [-0.05, 0) is 30.7 Å². The van der Waals surface area contributed by atoms with Crippen LogP contribution in [-0.4, -0.2) is 18.2 Å². The largest absolute Gasteiger partial charge is 0.397 e. The normalized spacial score (nSPS) is 11.8. The number of hydrogen-bond donors (Lipinski definition) is 2. The molecule has 8 heteroatoms. The number of sulfonamides is 1. The van der Waals surface area contributed by atoms with Crippen LogP contribution in [0, 0.1) is 6.92 Å². The van der Waals surface area contributed by atoms with E-state index in [-0.39, 0.29) is 17.1 Å². The van der Waals surface area contributed by atoms with Gasteiger partial charge in [-0.3, -0.25) is 4.68 Å². The number of aromatic nitrogens is 2. The Morgan fingerprint density at radius 2 is 2.15 bits per heavy atom. The molecule has 0 aliphatic rings. The molecule has 6 nitrogen and oxygen atoms in total. The van der Waals surface area contributed by atoms with Crippen molar-refractivity contribution in [3.63, 3.8) is 0 Å². The van der Waals surface area contributed by atoms with Gasteiger partial charge in [0.1, 0.15) is 0 Å². The summed E-state index contributed by atoms with van der Waals surface area (Å²) in [5.74, 6) is 0. The summed E-state index contributed by atoms with van der Waals surface area (Å²) in [4.78, 5) is 0.126. The van der Waals surface area contributed by atoms with Crippen LogP contribution in [0.25, 0.3) is 0 Å². The molecule has 2 aromatic rings. The molecule has 0 radical (unpaired) electrons. The van der Waals surface area contributed by atoms with Gasteiger partial charge < -0.3 is 5.73 Å². The number of rotatable bonds is 4. The van der Waals surface area contributed by atoms with Gasteiger partial charge in [0.15, 0.2) is 0 Å². The number of nitrogens with zero attached hydrogens (tertiary/aromatic N) is 2. The highest BCUT2D eigenvalue weighted by atomic mass is 35.5. The minimum Gasteiger partial charge on any atom is -0.397 e. The maximum atomic E-state index is 12.3. The summed E-state index contributed by atoms with van der Waals surface area (Å²) in [6, 6.07) is 4.64. The minimum atomic E-state index is -3.65. The second-order valence-corrected chi connectivity index (χ2v) is 6.55. The Morgan fingerprint density at radius 3 is 2.75 bits per heavy atom. The predicted octanol–water partition coefficient (Wildman–Crippen LogP) is 1.44. The molecule has 2 rings (SSSR count). The van der Waals surface area contributed by atoms with E-state index in [1.807, 2.05) is 0 Å². The molecular formula is C12H15ClN4O2S. The van der Waals surface area contributed by atoms with Crippen LogP contribution >= 0.6 is 11.6 Å². The van der Waals surface area contributed by atoms with Crippen molar-refractivity contribution in [1.82, 2.24) is 14.5 Å². The molecule has 0 amide bonds. The van der Waals surface area contributed by atoms with Gasteiger partial charge in [0.2, 0.25) is 10.0 Å². The fraction of sp³-hybridized carbons (Fsp3) is 0.250. The molecule has 0 bridgehead atoms. The molecular weight excluding hydrogens is 300 g/mol. The van der Waals surface area contributed by atoms with Crippen molar-refractivity contribution in [3.8, 4) is 0 Å². The van der Waals surface area contributed by atoms with E-state index in [0.29, 0.717) is 10.6 Å². The van der Waals surface area contributed by atoms with E-state index in [1.165, 1.54) is 12.1 Å². The molecule has 20 heavy (non-hydrogen) atoms. The quantitative estimate of drug-likeness (QED) is 0.836. The van der Waals surface area contributed by atoms with Crippen molar-refractivity contribution in [1.29, 1.82) is 0 Å². The summed E-state index contributed by atoms with van der Waals surface area (Å²) in [5.41, 5.74) is 7.20. The first kappa shape index (κ1) is 14.8. The number of hydrogen-bond acceptors (Lipinski definition) is 4. The summed E-state index contributed by atoms with van der Waals surface area (Å²) in [6.07, 6.45) is 1.61. The zero-order valence-corrected chi connectivity index (χ0v) is 12.7. The highest BCUT2D eigenvalue weighted by Crippen LogP contribution is 2.26. The van der Waals surface area contributed by atoms with Crippen LogP contribution in [-0.2, 0) is 23.6 Å². The average Bonchev–Trinajstić information content (AvgIpc) is 2.77. The highest BCUT2D eigenvalue weighted by molar-refractivity contribution is 7.89. The number of nitrogens with one attached hydrogen (secondary N) is 1. The molecule has 0 saturated heterocycles. The molecule has 1 heterocycles. The second kappa shape index (κ2) is 5.43. The molecule has 0 atom stereocenters. The number of nitrogens with two attached hydrogens (primary N) is 1. The third-order valence-electron chi connectivity index (χ3n) is 2.95. The smallest absolute Gasteiger partial charge is 0.241 e. The van der Waals surface area contributed by atoms with E-state index in [4.69, 9.17) is 17.3 Å². The molecule has 1 aromatic carbocycles. The van der Waals surface area contributed by atoms with Crippen molar-refractivity contribution >= 4 is 27.3 Å². The molecule has 0 fully saturated rings. The monoisotopic (exact) mass is 314 g/mol. The van der Waals surface area contributed by atoms with Crippen LogP contribution < -0.4 is 10.5 Å². The van der Waals surface area contributed by atoms with E-state index in [2.05, 4.69) is 9.82 Å². The van der Waals surface area contributed by atoms with Gasteiger partial charge in [0.25, 0.3) is 0 Å². The lowest BCUT2D eigenvalue weighted by Crippen LogP contribution is -2.25. The van der Waals surface area contributed by atoms with E-state index < -0.39 is 10.0 Å². The third-order valence-corrected chi connectivity index (χ3v) is 4.82. The Hall–Kier alpha value is -1.57. The van der Waals surface area contributed by atoms with E-state index in [0.717, 1.165) is 5.69 Å². The molecule has 0 aliphatic carbocycles. The van der Waals surface area contributed by atoms with Crippen molar-refractivity contribution < 1.29 is 8.42 Å². The van der Waals surface area contributed by atoms with Crippen LogP contribution in [0.1, 0.15) is 11.3 Å². The van der Waals surface area contributed by atoms with Gasteiger partial charge in [0.05, 0.1) is 27.8 Å². The van der Waals surface area contributed by atoms with E-state index in [1.54, 1.807) is 30.9 Å².